The Bertz CT molecular complexity index is 401. The molecule has 0 fully saturated rings. The lowest BCUT2D eigenvalue weighted by Gasteiger charge is -2.08. The molecule has 0 amide bonds. The summed E-state index contributed by atoms with van der Waals surface area (Å²) in [7, 11) is 0. The fraction of sp³-hybridized carbons (Fsp3) is 0.333. The predicted molar refractivity (Wildman–Crippen MR) is 54.1 cm³/mol. The molecule has 6 heteroatoms. The molecular formula is C9H8BrF2N3. The third-order valence-corrected chi connectivity index (χ3v) is 2.78. The van der Waals surface area contributed by atoms with E-state index in [0.717, 1.165) is 0 Å². The number of aromatic nitrogens is 1. The lowest BCUT2D eigenvalue weighted by molar-refractivity contribution is 0.145. The molecule has 80 valence electrons. The molecule has 0 aliphatic rings. The van der Waals surface area contributed by atoms with Gasteiger partial charge in [-0.05, 0) is 27.6 Å². The van der Waals surface area contributed by atoms with Gasteiger partial charge in [0, 0.05) is 11.0 Å². The van der Waals surface area contributed by atoms with Gasteiger partial charge in [0.2, 0.25) is 0 Å². The number of pyridine rings is 1. The van der Waals surface area contributed by atoms with Crippen molar-refractivity contribution in [2.24, 2.45) is 5.73 Å². The Hall–Kier alpha value is -1.06. The van der Waals surface area contributed by atoms with Gasteiger partial charge in [-0.2, -0.15) is 5.26 Å². The minimum absolute atomic E-state index is 0.0197. The summed E-state index contributed by atoms with van der Waals surface area (Å²) in [5.74, 6) is 0. The van der Waals surface area contributed by atoms with Crippen molar-refractivity contribution < 1.29 is 8.78 Å². The summed E-state index contributed by atoms with van der Waals surface area (Å²) < 4.78 is 25.4. The first-order valence-electron chi connectivity index (χ1n) is 4.13. The van der Waals surface area contributed by atoms with E-state index in [9.17, 15) is 8.78 Å². The van der Waals surface area contributed by atoms with Gasteiger partial charge in [-0.25, -0.2) is 13.8 Å². The van der Waals surface area contributed by atoms with E-state index in [1.165, 1.54) is 6.07 Å². The molecule has 1 heterocycles. The Morgan fingerprint density at radius 2 is 2.27 bits per heavy atom. The summed E-state index contributed by atoms with van der Waals surface area (Å²) in [5, 5.41) is 8.51. The van der Waals surface area contributed by atoms with Crippen LogP contribution >= 0.6 is 15.9 Å². The lowest BCUT2D eigenvalue weighted by atomic mass is 10.1. The van der Waals surface area contributed by atoms with Crippen molar-refractivity contribution in [1.29, 1.82) is 5.26 Å². The molecule has 3 nitrogen and oxygen atoms in total. The van der Waals surface area contributed by atoms with Crippen LogP contribution in [0.25, 0.3) is 0 Å². The summed E-state index contributed by atoms with van der Waals surface area (Å²) in [6, 6.07) is 3.11. The number of alkyl halides is 2. The van der Waals surface area contributed by atoms with Gasteiger partial charge in [-0.15, -0.1) is 0 Å². The average Bonchev–Trinajstić information content (AvgIpc) is 2.21. The van der Waals surface area contributed by atoms with Crippen LogP contribution in [0.3, 0.4) is 0 Å². The molecule has 0 spiro atoms. The SMILES string of the molecule is N#CCc1nc(C(F)F)cc(CN)c1Br. The van der Waals surface area contributed by atoms with Gasteiger partial charge in [-0.1, -0.05) is 0 Å². The Kier molecular flexibility index (Phi) is 4.12. The third kappa shape index (κ3) is 2.70. The van der Waals surface area contributed by atoms with Gasteiger partial charge >= 0.3 is 0 Å². The highest BCUT2D eigenvalue weighted by atomic mass is 79.9. The summed E-state index contributed by atoms with van der Waals surface area (Å²) in [6.07, 6.45) is -2.67. The Morgan fingerprint density at radius 3 is 2.73 bits per heavy atom. The largest absolute Gasteiger partial charge is 0.326 e. The molecule has 15 heavy (non-hydrogen) atoms. The molecule has 0 unspecified atom stereocenters. The van der Waals surface area contributed by atoms with E-state index in [4.69, 9.17) is 11.0 Å². The van der Waals surface area contributed by atoms with E-state index in [1.54, 1.807) is 0 Å². The lowest BCUT2D eigenvalue weighted by Crippen LogP contribution is -2.05. The van der Waals surface area contributed by atoms with Gasteiger partial charge in [0.05, 0.1) is 18.2 Å². The van der Waals surface area contributed by atoms with Crippen molar-refractivity contribution >= 4 is 15.9 Å². The molecule has 1 rings (SSSR count). The summed E-state index contributed by atoms with van der Waals surface area (Å²) in [5.41, 5.74) is 5.89. The van der Waals surface area contributed by atoms with Crippen LogP contribution in [0.1, 0.15) is 23.4 Å². The second-order valence-electron chi connectivity index (χ2n) is 2.81. The first-order chi connectivity index (χ1) is 7.10. The number of nitrogens with two attached hydrogens (primary N) is 1. The monoisotopic (exact) mass is 275 g/mol. The zero-order valence-corrected chi connectivity index (χ0v) is 9.26. The molecule has 0 radical (unpaired) electrons. The minimum atomic E-state index is -2.65. The van der Waals surface area contributed by atoms with Crippen LogP contribution in [0.5, 0.6) is 0 Å². The molecule has 0 saturated heterocycles. The number of halogens is 3. The van der Waals surface area contributed by atoms with E-state index in [-0.39, 0.29) is 18.7 Å². The van der Waals surface area contributed by atoms with Crippen LogP contribution in [-0.4, -0.2) is 4.98 Å². The quantitative estimate of drug-likeness (QED) is 0.921. The van der Waals surface area contributed by atoms with Crippen molar-refractivity contribution in [2.75, 3.05) is 0 Å². The van der Waals surface area contributed by atoms with Crippen LogP contribution in [0, 0.1) is 11.3 Å². The number of nitriles is 1. The molecule has 0 atom stereocenters. The van der Waals surface area contributed by atoms with E-state index in [0.29, 0.717) is 15.7 Å². The zero-order chi connectivity index (χ0) is 11.4. The highest BCUT2D eigenvalue weighted by Gasteiger charge is 2.15. The zero-order valence-electron chi connectivity index (χ0n) is 7.67. The molecule has 0 saturated carbocycles. The van der Waals surface area contributed by atoms with Crippen molar-refractivity contribution in [3.8, 4) is 6.07 Å². The maximum atomic E-state index is 12.4. The van der Waals surface area contributed by atoms with Crippen molar-refractivity contribution in [1.82, 2.24) is 4.98 Å². The van der Waals surface area contributed by atoms with E-state index in [2.05, 4.69) is 20.9 Å². The van der Waals surface area contributed by atoms with Gasteiger partial charge in [-0.3, -0.25) is 0 Å². The third-order valence-electron chi connectivity index (χ3n) is 1.81. The molecule has 0 aliphatic carbocycles. The van der Waals surface area contributed by atoms with Crippen LogP contribution in [0.4, 0.5) is 8.78 Å². The molecular weight excluding hydrogens is 268 g/mol. The van der Waals surface area contributed by atoms with E-state index in [1.807, 2.05) is 6.07 Å². The van der Waals surface area contributed by atoms with Crippen LogP contribution in [-0.2, 0) is 13.0 Å². The Balaban J connectivity index is 3.26. The highest BCUT2D eigenvalue weighted by Crippen LogP contribution is 2.26. The summed E-state index contributed by atoms with van der Waals surface area (Å²) in [6.45, 7) is 0.126. The van der Waals surface area contributed by atoms with E-state index < -0.39 is 6.43 Å². The maximum absolute atomic E-state index is 12.4. The van der Waals surface area contributed by atoms with Gasteiger partial charge < -0.3 is 5.73 Å². The van der Waals surface area contributed by atoms with E-state index >= 15 is 0 Å². The molecule has 1 aromatic rings. The first-order valence-corrected chi connectivity index (χ1v) is 4.92. The smallest absolute Gasteiger partial charge is 0.280 e. The summed E-state index contributed by atoms with van der Waals surface area (Å²) >= 11 is 3.19. The average molecular weight is 276 g/mol. The summed E-state index contributed by atoms with van der Waals surface area (Å²) in [4.78, 5) is 3.70. The second kappa shape index (κ2) is 5.14. The van der Waals surface area contributed by atoms with Crippen molar-refractivity contribution in [3.05, 3.63) is 27.5 Å². The number of hydrogen-bond donors (Lipinski definition) is 1. The fourth-order valence-electron chi connectivity index (χ4n) is 1.12. The van der Waals surface area contributed by atoms with Gasteiger partial charge in [0.1, 0.15) is 5.69 Å². The van der Waals surface area contributed by atoms with Crippen molar-refractivity contribution in [2.45, 2.75) is 19.4 Å². The van der Waals surface area contributed by atoms with Crippen LogP contribution in [0.2, 0.25) is 0 Å². The maximum Gasteiger partial charge on any atom is 0.280 e. The number of nitrogens with zero attached hydrogens (tertiary/aromatic N) is 2. The normalized spacial score (nSPS) is 10.4. The van der Waals surface area contributed by atoms with Crippen LogP contribution in [0.15, 0.2) is 10.5 Å². The molecule has 0 aromatic carbocycles. The van der Waals surface area contributed by atoms with Gasteiger partial charge in [0.25, 0.3) is 6.43 Å². The molecule has 2 N–H and O–H groups in total. The predicted octanol–water partition coefficient (Wildman–Crippen LogP) is 2.31. The first kappa shape index (κ1) is 12.0. The van der Waals surface area contributed by atoms with Crippen LogP contribution < -0.4 is 5.73 Å². The molecule has 0 bridgehead atoms. The Morgan fingerprint density at radius 1 is 1.60 bits per heavy atom. The van der Waals surface area contributed by atoms with Gasteiger partial charge in [0.15, 0.2) is 0 Å². The molecule has 1 aromatic heterocycles. The standard InChI is InChI=1S/C9H8BrF2N3/c10-8-5(4-14)3-7(9(11)12)15-6(8)1-2-13/h3,9H,1,4,14H2. The fourth-order valence-corrected chi connectivity index (χ4v) is 1.62. The Labute approximate surface area is 94.0 Å². The minimum Gasteiger partial charge on any atom is -0.326 e. The second-order valence-corrected chi connectivity index (χ2v) is 3.60. The highest BCUT2D eigenvalue weighted by molar-refractivity contribution is 9.10. The number of hydrogen-bond acceptors (Lipinski definition) is 3. The molecule has 0 aliphatic heterocycles. The topological polar surface area (TPSA) is 62.7 Å². The van der Waals surface area contributed by atoms with Crippen molar-refractivity contribution in [3.63, 3.8) is 0 Å². The number of rotatable bonds is 3.